The van der Waals surface area contributed by atoms with Crippen molar-refractivity contribution in [2.24, 2.45) is 0 Å². The molecule has 0 spiro atoms. The van der Waals surface area contributed by atoms with Gasteiger partial charge >= 0.3 is 0 Å². The van der Waals surface area contributed by atoms with Crippen molar-refractivity contribution in [3.63, 3.8) is 0 Å². The summed E-state index contributed by atoms with van der Waals surface area (Å²) in [6, 6.07) is 68.0. The largest absolute Gasteiger partial charge is 0.455 e. The summed E-state index contributed by atoms with van der Waals surface area (Å²) in [6.07, 6.45) is 0. The molecule has 3 heteroatoms. The van der Waals surface area contributed by atoms with Crippen LogP contribution in [0.15, 0.2) is 192 Å². The highest BCUT2D eigenvalue weighted by molar-refractivity contribution is 7.26. The highest BCUT2D eigenvalue weighted by atomic mass is 32.1. The fourth-order valence-corrected chi connectivity index (χ4v) is 9.27. The van der Waals surface area contributed by atoms with E-state index < -0.39 is 0 Å². The number of hydrogen-bond donors (Lipinski definition) is 0. The molecule has 0 aliphatic rings. The summed E-state index contributed by atoms with van der Waals surface area (Å²) < 4.78 is 9.11. The number of benzene rings is 9. The molecule has 0 amide bonds. The molecule has 0 aliphatic carbocycles. The maximum atomic E-state index is 6.54. The number of anilines is 3. The lowest BCUT2D eigenvalue weighted by Crippen LogP contribution is -2.10. The van der Waals surface area contributed by atoms with Crippen molar-refractivity contribution in [1.82, 2.24) is 0 Å². The first-order chi connectivity index (χ1) is 26.3. The highest BCUT2D eigenvalue weighted by Crippen LogP contribution is 2.46. The van der Waals surface area contributed by atoms with E-state index in [9.17, 15) is 0 Å². The van der Waals surface area contributed by atoms with Crippen LogP contribution in [0.3, 0.4) is 0 Å². The van der Waals surface area contributed by atoms with Gasteiger partial charge in [-0.1, -0.05) is 127 Å². The molecule has 0 bridgehead atoms. The summed E-state index contributed by atoms with van der Waals surface area (Å²) in [4.78, 5) is 2.43. The van der Waals surface area contributed by atoms with Gasteiger partial charge in [-0.05, 0) is 99.1 Å². The van der Waals surface area contributed by atoms with Gasteiger partial charge < -0.3 is 9.32 Å². The second-order valence-electron chi connectivity index (χ2n) is 13.7. The van der Waals surface area contributed by atoms with Crippen molar-refractivity contribution < 1.29 is 4.42 Å². The minimum atomic E-state index is 0.904. The number of furan rings is 1. The number of fused-ring (bicyclic) bond motifs is 9. The normalized spacial score (nSPS) is 11.8. The average Bonchev–Trinajstić information content (AvgIpc) is 3.81. The topological polar surface area (TPSA) is 16.4 Å². The minimum Gasteiger partial charge on any atom is -0.455 e. The predicted molar refractivity (Wildman–Crippen MR) is 227 cm³/mol. The second-order valence-corrected chi connectivity index (χ2v) is 14.8. The zero-order chi connectivity index (χ0) is 34.9. The monoisotopic (exact) mass is 693 g/mol. The molecule has 0 radical (unpaired) electrons. The van der Waals surface area contributed by atoms with Crippen molar-refractivity contribution in [3.8, 4) is 22.3 Å². The van der Waals surface area contributed by atoms with Crippen LogP contribution in [0.1, 0.15) is 0 Å². The fourth-order valence-electron chi connectivity index (χ4n) is 8.15. The van der Waals surface area contributed by atoms with E-state index in [0.717, 1.165) is 50.0 Å². The van der Waals surface area contributed by atoms with Crippen LogP contribution >= 0.6 is 11.3 Å². The second kappa shape index (κ2) is 11.9. The molecule has 0 saturated carbocycles. The quantitative estimate of drug-likeness (QED) is 0.178. The van der Waals surface area contributed by atoms with E-state index >= 15 is 0 Å². The molecule has 0 saturated heterocycles. The smallest absolute Gasteiger partial charge is 0.143 e. The van der Waals surface area contributed by atoms with Gasteiger partial charge in [-0.2, -0.15) is 0 Å². The zero-order valence-corrected chi connectivity index (χ0v) is 29.5. The van der Waals surface area contributed by atoms with Gasteiger partial charge in [0.05, 0.1) is 5.69 Å². The summed E-state index contributed by atoms with van der Waals surface area (Å²) in [5, 5.41) is 9.65. The Kier molecular flexibility index (Phi) is 6.76. The standard InChI is InChI=1S/C50H31NOS/c1-2-12-35-30-37(23-22-32(35)10-1)36-13-7-14-39(31-36)51(44-18-9-21-47-49(44)42-16-5-6-20-46(42)53-47)38-27-24-34(25-28-38)40-17-8-19-45-48(40)43-29-26-33-11-3-4-15-41(33)50(43)52-45/h1-31H. The highest BCUT2D eigenvalue weighted by Gasteiger charge is 2.20. The Hall–Kier alpha value is -6.68. The third kappa shape index (κ3) is 4.86. The Morgan fingerprint density at radius 1 is 0.396 bits per heavy atom. The van der Waals surface area contributed by atoms with Gasteiger partial charge in [0.15, 0.2) is 0 Å². The molecule has 9 aromatic carbocycles. The molecule has 11 aromatic rings. The number of rotatable bonds is 5. The van der Waals surface area contributed by atoms with Gasteiger partial charge in [-0.15, -0.1) is 11.3 Å². The van der Waals surface area contributed by atoms with Crippen molar-refractivity contribution >= 4 is 92.1 Å². The Morgan fingerprint density at radius 3 is 2.00 bits per heavy atom. The Morgan fingerprint density at radius 2 is 1.09 bits per heavy atom. The van der Waals surface area contributed by atoms with Crippen LogP contribution in [-0.2, 0) is 0 Å². The molecular weight excluding hydrogens is 663 g/mol. The van der Waals surface area contributed by atoms with Gasteiger partial charge in [0.1, 0.15) is 11.2 Å². The van der Waals surface area contributed by atoms with Crippen LogP contribution in [0.5, 0.6) is 0 Å². The number of nitrogens with zero attached hydrogens (tertiary/aromatic N) is 1. The molecule has 2 nitrogen and oxygen atoms in total. The van der Waals surface area contributed by atoms with Gasteiger partial charge in [0.25, 0.3) is 0 Å². The van der Waals surface area contributed by atoms with E-state index in [2.05, 4.69) is 193 Å². The summed E-state index contributed by atoms with van der Waals surface area (Å²) in [6.45, 7) is 0. The number of thiophene rings is 1. The predicted octanol–water partition coefficient (Wildman–Crippen LogP) is 15.1. The molecular formula is C50H31NOS. The first kappa shape index (κ1) is 30.0. The average molecular weight is 694 g/mol. The molecule has 0 aliphatic heterocycles. The lowest BCUT2D eigenvalue weighted by atomic mass is 9.97. The van der Waals surface area contributed by atoms with E-state index in [1.54, 1.807) is 0 Å². The lowest BCUT2D eigenvalue weighted by Gasteiger charge is -2.27. The molecule has 248 valence electrons. The van der Waals surface area contributed by atoms with E-state index in [1.165, 1.54) is 53.0 Å². The summed E-state index contributed by atoms with van der Waals surface area (Å²) >= 11 is 1.85. The fraction of sp³-hybridized carbons (Fsp3) is 0. The Balaban J connectivity index is 1.09. The molecule has 2 aromatic heterocycles. The molecule has 0 unspecified atom stereocenters. The van der Waals surface area contributed by atoms with Crippen LogP contribution in [0, 0.1) is 0 Å². The first-order valence-corrected chi connectivity index (χ1v) is 18.8. The van der Waals surface area contributed by atoms with Crippen LogP contribution in [0.25, 0.3) is 85.9 Å². The van der Waals surface area contributed by atoms with Crippen molar-refractivity contribution in [3.05, 3.63) is 188 Å². The molecule has 53 heavy (non-hydrogen) atoms. The number of hydrogen-bond acceptors (Lipinski definition) is 3. The van der Waals surface area contributed by atoms with Crippen LogP contribution in [0.2, 0.25) is 0 Å². The lowest BCUT2D eigenvalue weighted by molar-refractivity contribution is 0.673. The van der Waals surface area contributed by atoms with Gasteiger partial charge in [-0.25, -0.2) is 0 Å². The summed E-state index contributed by atoms with van der Waals surface area (Å²) in [7, 11) is 0. The van der Waals surface area contributed by atoms with E-state index in [0.29, 0.717) is 0 Å². The maximum absolute atomic E-state index is 6.54. The molecule has 0 fully saturated rings. The zero-order valence-electron chi connectivity index (χ0n) is 28.7. The van der Waals surface area contributed by atoms with Gasteiger partial charge in [-0.3, -0.25) is 0 Å². The molecule has 0 atom stereocenters. The van der Waals surface area contributed by atoms with Crippen molar-refractivity contribution in [2.75, 3.05) is 4.90 Å². The van der Waals surface area contributed by atoms with Gasteiger partial charge in [0, 0.05) is 47.7 Å². The third-order valence-corrected chi connectivity index (χ3v) is 11.8. The maximum Gasteiger partial charge on any atom is 0.143 e. The van der Waals surface area contributed by atoms with Gasteiger partial charge in [0.2, 0.25) is 0 Å². The van der Waals surface area contributed by atoms with Crippen LogP contribution < -0.4 is 4.90 Å². The summed E-state index contributed by atoms with van der Waals surface area (Å²) in [5.74, 6) is 0. The van der Waals surface area contributed by atoms with E-state index in [4.69, 9.17) is 4.42 Å². The SMILES string of the molecule is c1cc(-c2ccc3ccccc3c2)cc(N(c2ccc(-c3cccc4oc5c6ccccc6ccc5c34)cc2)c2cccc3sc4ccccc4c23)c1. The molecule has 2 heterocycles. The van der Waals surface area contributed by atoms with E-state index in [1.807, 2.05) is 11.3 Å². The summed E-state index contributed by atoms with van der Waals surface area (Å²) in [5.41, 5.74) is 9.92. The minimum absolute atomic E-state index is 0.904. The molecule has 0 N–H and O–H groups in total. The third-order valence-electron chi connectivity index (χ3n) is 10.6. The van der Waals surface area contributed by atoms with E-state index in [-0.39, 0.29) is 0 Å². The van der Waals surface area contributed by atoms with Crippen LogP contribution in [0.4, 0.5) is 17.1 Å². The first-order valence-electron chi connectivity index (χ1n) is 18.0. The Bertz CT molecular complexity index is 3190. The van der Waals surface area contributed by atoms with Crippen molar-refractivity contribution in [1.29, 1.82) is 0 Å². The van der Waals surface area contributed by atoms with Crippen LogP contribution in [-0.4, -0.2) is 0 Å². The van der Waals surface area contributed by atoms with Crippen molar-refractivity contribution in [2.45, 2.75) is 0 Å². The molecule has 11 rings (SSSR count). The Labute approximate surface area is 310 Å².